The van der Waals surface area contributed by atoms with E-state index in [1.807, 2.05) is 36.4 Å². The number of benzene rings is 3. The number of carbonyl (C=O) groups is 2. The molecular formula is C24H18FN3O2. The number of anilines is 1. The number of aromatic nitrogens is 2. The number of carbonyl (C=O) groups excluding carboxylic acids is 2. The fourth-order valence-corrected chi connectivity index (χ4v) is 4.11. The molecule has 1 amide bonds. The molecule has 0 aliphatic carbocycles. The monoisotopic (exact) mass is 399 g/mol. The van der Waals surface area contributed by atoms with Crippen molar-refractivity contribution in [2.45, 2.75) is 19.3 Å². The Labute approximate surface area is 172 Å². The minimum Gasteiger partial charge on any atom is -0.310 e. The third-order valence-electron chi connectivity index (χ3n) is 5.51. The Bertz CT molecular complexity index is 1330. The molecule has 1 aliphatic heterocycles. The maximum Gasteiger partial charge on any atom is 0.226 e. The number of aryl methyl sites for hydroxylation is 1. The van der Waals surface area contributed by atoms with Crippen molar-refractivity contribution in [1.29, 1.82) is 0 Å². The molecular weight excluding hydrogens is 381 g/mol. The van der Waals surface area contributed by atoms with Crippen molar-refractivity contribution < 1.29 is 14.0 Å². The highest BCUT2D eigenvalue weighted by atomic mass is 19.1. The van der Waals surface area contributed by atoms with Gasteiger partial charge in [0.05, 0.1) is 17.3 Å². The van der Waals surface area contributed by atoms with E-state index >= 15 is 0 Å². The summed E-state index contributed by atoms with van der Waals surface area (Å²) in [5.41, 5.74) is 2.35. The van der Waals surface area contributed by atoms with Crippen LogP contribution in [0.1, 0.15) is 34.0 Å². The van der Waals surface area contributed by atoms with Crippen molar-refractivity contribution in [2.24, 2.45) is 0 Å². The SMILES string of the molecule is Cc1nn(-c2cccc(F)c2)c2c1[C@@H](C(=O)c1ccc3ccccc3c1)CC(=O)N2. The van der Waals surface area contributed by atoms with E-state index < -0.39 is 11.7 Å². The zero-order valence-corrected chi connectivity index (χ0v) is 16.2. The first-order valence-electron chi connectivity index (χ1n) is 9.69. The molecule has 0 saturated heterocycles. The predicted molar refractivity (Wildman–Crippen MR) is 113 cm³/mol. The molecule has 0 unspecified atom stereocenters. The number of fused-ring (bicyclic) bond motifs is 2. The first-order chi connectivity index (χ1) is 14.5. The average molecular weight is 399 g/mol. The van der Waals surface area contributed by atoms with Crippen molar-refractivity contribution >= 4 is 28.3 Å². The molecule has 1 atom stereocenters. The number of amides is 1. The topological polar surface area (TPSA) is 64.0 Å². The molecule has 5 nitrogen and oxygen atoms in total. The van der Waals surface area contributed by atoms with Gasteiger partial charge in [0.2, 0.25) is 5.91 Å². The number of hydrogen-bond acceptors (Lipinski definition) is 3. The first kappa shape index (κ1) is 18.2. The Morgan fingerprint density at radius 3 is 2.67 bits per heavy atom. The zero-order chi connectivity index (χ0) is 20.8. The summed E-state index contributed by atoms with van der Waals surface area (Å²) >= 11 is 0. The summed E-state index contributed by atoms with van der Waals surface area (Å²) in [6.07, 6.45) is 0.0499. The second-order valence-electron chi connectivity index (χ2n) is 7.47. The van der Waals surface area contributed by atoms with Gasteiger partial charge in [-0.25, -0.2) is 9.07 Å². The second kappa shape index (κ2) is 6.91. The highest BCUT2D eigenvalue weighted by Gasteiger charge is 2.36. The normalized spacial score (nSPS) is 15.7. The van der Waals surface area contributed by atoms with Crippen molar-refractivity contribution in [3.8, 4) is 5.69 Å². The van der Waals surface area contributed by atoms with Crippen LogP contribution in [0.3, 0.4) is 0 Å². The number of ketones is 1. The molecule has 1 aliphatic rings. The van der Waals surface area contributed by atoms with Crippen LogP contribution in [-0.4, -0.2) is 21.5 Å². The molecule has 0 spiro atoms. The maximum absolute atomic E-state index is 13.7. The van der Waals surface area contributed by atoms with Crippen molar-refractivity contribution in [1.82, 2.24) is 9.78 Å². The van der Waals surface area contributed by atoms with Crippen LogP contribution in [0.5, 0.6) is 0 Å². The molecule has 1 N–H and O–H groups in total. The summed E-state index contributed by atoms with van der Waals surface area (Å²) < 4.78 is 15.2. The third-order valence-corrected chi connectivity index (χ3v) is 5.51. The van der Waals surface area contributed by atoms with Gasteiger partial charge in [-0.05, 0) is 42.0 Å². The van der Waals surface area contributed by atoms with Gasteiger partial charge in [-0.2, -0.15) is 5.10 Å². The van der Waals surface area contributed by atoms with Gasteiger partial charge in [0.15, 0.2) is 5.78 Å². The zero-order valence-electron chi connectivity index (χ0n) is 16.2. The molecule has 0 radical (unpaired) electrons. The summed E-state index contributed by atoms with van der Waals surface area (Å²) in [5.74, 6) is -1.01. The summed E-state index contributed by atoms with van der Waals surface area (Å²) in [7, 11) is 0. The van der Waals surface area contributed by atoms with Gasteiger partial charge >= 0.3 is 0 Å². The molecule has 3 aromatic carbocycles. The largest absolute Gasteiger partial charge is 0.310 e. The van der Waals surface area contributed by atoms with Gasteiger partial charge in [-0.1, -0.05) is 42.5 Å². The lowest BCUT2D eigenvalue weighted by molar-refractivity contribution is -0.116. The molecule has 5 rings (SSSR count). The lowest BCUT2D eigenvalue weighted by Gasteiger charge is -2.23. The van der Waals surface area contributed by atoms with Gasteiger partial charge in [-0.15, -0.1) is 0 Å². The minimum absolute atomic E-state index is 0.0499. The van der Waals surface area contributed by atoms with E-state index in [9.17, 15) is 14.0 Å². The predicted octanol–water partition coefficient (Wildman–Crippen LogP) is 4.78. The van der Waals surface area contributed by atoms with Crippen molar-refractivity contribution in [2.75, 3.05) is 5.32 Å². The Kier molecular flexibility index (Phi) is 4.20. The third kappa shape index (κ3) is 2.97. The van der Waals surface area contributed by atoms with Crippen LogP contribution >= 0.6 is 0 Å². The van der Waals surface area contributed by atoms with E-state index in [1.54, 1.807) is 25.1 Å². The van der Waals surface area contributed by atoms with Crippen LogP contribution in [0.25, 0.3) is 16.5 Å². The molecule has 148 valence electrons. The quantitative estimate of drug-likeness (QED) is 0.504. The summed E-state index contributed by atoms with van der Waals surface area (Å²) in [4.78, 5) is 25.9. The van der Waals surface area contributed by atoms with Crippen LogP contribution in [0.4, 0.5) is 10.2 Å². The minimum atomic E-state index is -0.641. The van der Waals surface area contributed by atoms with Crippen LogP contribution in [0.2, 0.25) is 0 Å². The number of halogens is 1. The lowest BCUT2D eigenvalue weighted by Crippen LogP contribution is -2.28. The standard InChI is InChI=1S/C24H18FN3O2/c1-14-22-20(23(30)17-10-9-15-5-2-3-6-16(15)11-17)13-21(29)26-24(22)28(27-14)19-8-4-7-18(25)12-19/h2-12,20H,13H2,1H3,(H,26,29)/t20-/m0/s1. The second-order valence-corrected chi connectivity index (χ2v) is 7.47. The van der Waals surface area contributed by atoms with Gasteiger partial charge in [-0.3, -0.25) is 9.59 Å². The highest BCUT2D eigenvalue weighted by molar-refractivity contribution is 6.09. The fourth-order valence-electron chi connectivity index (χ4n) is 4.11. The summed E-state index contributed by atoms with van der Waals surface area (Å²) in [6.45, 7) is 1.80. The Morgan fingerprint density at radius 2 is 1.87 bits per heavy atom. The van der Waals surface area contributed by atoms with E-state index in [1.165, 1.54) is 16.8 Å². The maximum atomic E-state index is 13.7. The van der Waals surface area contributed by atoms with Gasteiger partial charge < -0.3 is 5.32 Å². The Morgan fingerprint density at radius 1 is 1.07 bits per heavy atom. The molecule has 0 fully saturated rings. The van der Waals surface area contributed by atoms with Crippen LogP contribution in [-0.2, 0) is 4.79 Å². The average Bonchev–Trinajstić information content (AvgIpc) is 3.08. The van der Waals surface area contributed by atoms with E-state index in [0.717, 1.165) is 10.8 Å². The van der Waals surface area contributed by atoms with E-state index in [-0.39, 0.29) is 18.1 Å². The molecule has 0 saturated carbocycles. The smallest absolute Gasteiger partial charge is 0.226 e. The lowest BCUT2D eigenvalue weighted by atomic mass is 9.85. The number of nitrogens with one attached hydrogen (secondary N) is 1. The van der Waals surface area contributed by atoms with Crippen molar-refractivity contribution in [3.63, 3.8) is 0 Å². The number of Topliss-reactive ketones (excluding diaryl/α,β-unsaturated/α-hetero) is 1. The van der Waals surface area contributed by atoms with Crippen LogP contribution in [0.15, 0.2) is 66.7 Å². The van der Waals surface area contributed by atoms with E-state index in [4.69, 9.17) is 0 Å². The van der Waals surface area contributed by atoms with Gasteiger partial charge in [0, 0.05) is 17.5 Å². The number of hydrogen-bond donors (Lipinski definition) is 1. The molecule has 2 heterocycles. The molecule has 6 heteroatoms. The molecule has 1 aromatic heterocycles. The summed E-state index contributed by atoms with van der Waals surface area (Å²) in [6, 6.07) is 19.4. The Hall–Kier alpha value is -3.80. The molecule has 0 bridgehead atoms. The van der Waals surface area contributed by atoms with E-state index in [2.05, 4.69) is 10.4 Å². The summed E-state index contributed by atoms with van der Waals surface area (Å²) in [5, 5.41) is 9.33. The van der Waals surface area contributed by atoms with Crippen LogP contribution < -0.4 is 5.32 Å². The fraction of sp³-hybridized carbons (Fsp3) is 0.125. The number of nitrogens with zero attached hydrogens (tertiary/aromatic N) is 2. The van der Waals surface area contributed by atoms with Crippen molar-refractivity contribution in [3.05, 3.63) is 89.4 Å². The van der Waals surface area contributed by atoms with Gasteiger partial charge in [0.25, 0.3) is 0 Å². The molecule has 30 heavy (non-hydrogen) atoms. The van der Waals surface area contributed by atoms with Gasteiger partial charge in [0.1, 0.15) is 11.6 Å². The number of rotatable bonds is 3. The Balaban J connectivity index is 1.61. The molecule has 4 aromatic rings. The first-order valence-corrected chi connectivity index (χ1v) is 9.69. The van der Waals surface area contributed by atoms with E-state index in [0.29, 0.717) is 28.3 Å². The van der Waals surface area contributed by atoms with Crippen LogP contribution in [0, 0.1) is 12.7 Å². The highest BCUT2D eigenvalue weighted by Crippen LogP contribution is 2.38.